The topological polar surface area (TPSA) is 84.9 Å². The highest BCUT2D eigenvalue weighted by molar-refractivity contribution is 5.91. The van der Waals surface area contributed by atoms with Crippen LogP contribution < -0.4 is 5.32 Å². The Hall–Kier alpha value is -1.14. The van der Waals surface area contributed by atoms with Gasteiger partial charge in [0.1, 0.15) is 0 Å². The molecule has 0 aromatic rings. The number of ether oxygens (including phenoxy) is 2. The van der Waals surface area contributed by atoms with Crippen LogP contribution in [0.15, 0.2) is 0 Å². The Morgan fingerprint density at radius 2 is 2.06 bits per heavy atom. The number of nitrogens with one attached hydrogen (secondary N) is 1. The molecule has 0 spiro atoms. The van der Waals surface area contributed by atoms with Gasteiger partial charge in [0.05, 0.1) is 37.8 Å². The van der Waals surface area contributed by atoms with Gasteiger partial charge in [-0.05, 0) is 5.41 Å². The lowest BCUT2D eigenvalue weighted by Gasteiger charge is -2.23. The summed E-state index contributed by atoms with van der Waals surface area (Å²) < 4.78 is 10.6. The van der Waals surface area contributed by atoms with Crippen molar-refractivity contribution in [2.45, 2.75) is 20.0 Å². The zero-order chi connectivity index (χ0) is 13.3. The van der Waals surface area contributed by atoms with Crippen LogP contribution in [0.5, 0.6) is 0 Å². The Morgan fingerprint density at radius 1 is 1.33 bits per heavy atom. The van der Waals surface area contributed by atoms with E-state index in [1.165, 1.54) is 0 Å². The van der Waals surface area contributed by atoms with Crippen LogP contribution in [0.25, 0.3) is 0 Å². The van der Waals surface area contributed by atoms with Gasteiger partial charge in [-0.1, -0.05) is 13.8 Å². The van der Waals surface area contributed by atoms with Crippen LogP contribution in [-0.4, -0.2) is 49.5 Å². The summed E-state index contributed by atoms with van der Waals surface area (Å²) in [7, 11) is 0. The zero-order valence-electron chi connectivity index (χ0n) is 10.6. The number of hydrogen-bond donors (Lipinski definition) is 2. The molecule has 6 nitrogen and oxygen atoms in total. The molecule has 2 N–H and O–H groups in total. The molecule has 1 aliphatic carbocycles. The number of hydrogen-bond acceptors (Lipinski definition) is 4. The second-order valence-corrected chi connectivity index (χ2v) is 5.43. The average Bonchev–Trinajstić information content (AvgIpc) is 2.91. The minimum Gasteiger partial charge on any atom is -0.481 e. The van der Waals surface area contributed by atoms with Gasteiger partial charge in [0, 0.05) is 6.54 Å². The maximum atomic E-state index is 11.9. The van der Waals surface area contributed by atoms with Gasteiger partial charge in [-0.15, -0.1) is 0 Å². The summed E-state index contributed by atoms with van der Waals surface area (Å²) in [6.07, 6.45) is -0.132. The van der Waals surface area contributed by atoms with Crippen molar-refractivity contribution in [1.29, 1.82) is 0 Å². The van der Waals surface area contributed by atoms with Gasteiger partial charge in [0.25, 0.3) is 0 Å². The van der Waals surface area contributed by atoms with E-state index >= 15 is 0 Å². The Bertz CT molecular complexity index is 348. The van der Waals surface area contributed by atoms with Crippen LogP contribution >= 0.6 is 0 Å². The molecule has 2 aliphatic rings. The van der Waals surface area contributed by atoms with Gasteiger partial charge in [-0.3, -0.25) is 9.59 Å². The first-order valence-corrected chi connectivity index (χ1v) is 6.14. The predicted octanol–water partition coefficient (Wildman–Crippen LogP) is -0.125. The fraction of sp³-hybridized carbons (Fsp3) is 0.833. The van der Waals surface area contributed by atoms with Gasteiger partial charge in [0.15, 0.2) is 0 Å². The van der Waals surface area contributed by atoms with E-state index in [-0.39, 0.29) is 12.0 Å². The minimum atomic E-state index is -0.905. The predicted molar refractivity (Wildman–Crippen MR) is 62.0 cm³/mol. The monoisotopic (exact) mass is 257 g/mol. The number of aliphatic carboxylic acids is 1. The molecule has 1 heterocycles. The van der Waals surface area contributed by atoms with Crippen molar-refractivity contribution in [2.75, 3.05) is 26.4 Å². The third-order valence-electron chi connectivity index (χ3n) is 3.76. The number of carbonyl (C=O) groups is 2. The summed E-state index contributed by atoms with van der Waals surface area (Å²) in [5.41, 5.74) is -0.458. The Labute approximate surface area is 106 Å². The smallest absolute Gasteiger partial charge is 0.307 e. The van der Waals surface area contributed by atoms with E-state index in [9.17, 15) is 9.59 Å². The van der Waals surface area contributed by atoms with Crippen LogP contribution in [0, 0.1) is 17.3 Å². The van der Waals surface area contributed by atoms with E-state index in [0.717, 1.165) is 0 Å². The van der Waals surface area contributed by atoms with Gasteiger partial charge >= 0.3 is 5.97 Å². The van der Waals surface area contributed by atoms with Crippen molar-refractivity contribution in [2.24, 2.45) is 17.3 Å². The van der Waals surface area contributed by atoms with Crippen molar-refractivity contribution in [3.63, 3.8) is 0 Å². The molecule has 3 atom stereocenters. The fourth-order valence-electron chi connectivity index (χ4n) is 2.57. The lowest BCUT2D eigenvalue weighted by atomic mass is 10.1. The molecule has 1 aliphatic heterocycles. The number of carboxylic acid groups (broad SMARTS) is 1. The van der Waals surface area contributed by atoms with E-state index < -0.39 is 23.2 Å². The molecule has 2 rings (SSSR count). The first-order chi connectivity index (χ1) is 8.44. The van der Waals surface area contributed by atoms with Gasteiger partial charge < -0.3 is 19.9 Å². The molecule has 1 saturated heterocycles. The molecule has 102 valence electrons. The summed E-state index contributed by atoms with van der Waals surface area (Å²) in [6, 6.07) is 0. The number of carboxylic acids is 1. The van der Waals surface area contributed by atoms with Crippen LogP contribution in [0.1, 0.15) is 13.8 Å². The van der Waals surface area contributed by atoms with E-state index in [4.69, 9.17) is 14.6 Å². The molecule has 1 unspecified atom stereocenters. The number of rotatable bonds is 4. The minimum absolute atomic E-state index is 0.132. The van der Waals surface area contributed by atoms with E-state index in [0.29, 0.717) is 26.4 Å². The van der Waals surface area contributed by atoms with Gasteiger partial charge in [-0.25, -0.2) is 0 Å². The summed E-state index contributed by atoms with van der Waals surface area (Å²) in [4.78, 5) is 22.9. The van der Waals surface area contributed by atoms with Crippen molar-refractivity contribution < 1.29 is 24.2 Å². The largest absolute Gasteiger partial charge is 0.481 e. The fourth-order valence-corrected chi connectivity index (χ4v) is 2.57. The lowest BCUT2D eigenvalue weighted by molar-refractivity contribution is -0.140. The van der Waals surface area contributed by atoms with Gasteiger partial charge in [-0.2, -0.15) is 0 Å². The highest BCUT2D eigenvalue weighted by Gasteiger charge is 2.65. The molecule has 0 aromatic carbocycles. The molecule has 0 aromatic heterocycles. The van der Waals surface area contributed by atoms with Crippen LogP contribution in [0.2, 0.25) is 0 Å². The second-order valence-electron chi connectivity index (χ2n) is 5.43. The lowest BCUT2D eigenvalue weighted by Crippen LogP contribution is -2.40. The SMILES string of the molecule is CC1(C)[C@H](C(=O)O)[C@@H]1C(=O)NCC1COCCO1. The molecule has 1 saturated carbocycles. The summed E-state index contributed by atoms with van der Waals surface area (Å²) in [5.74, 6) is -2.14. The first kappa shape index (κ1) is 13.3. The van der Waals surface area contributed by atoms with E-state index in [2.05, 4.69) is 5.32 Å². The quantitative estimate of drug-likeness (QED) is 0.733. The highest BCUT2D eigenvalue weighted by atomic mass is 16.6. The molecule has 18 heavy (non-hydrogen) atoms. The molecule has 6 heteroatoms. The standard InChI is InChI=1S/C12H19NO5/c1-12(2)8(9(12)11(15)16)10(14)13-5-7-6-17-3-4-18-7/h7-9H,3-6H2,1-2H3,(H,13,14)(H,15,16)/t7?,8-,9+/m1/s1. The zero-order valence-corrected chi connectivity index (χ0v) is 10.6. The Kier molecular flexibility index (Phi) is 3.59. The second kappa shape index (κ2) is 4.85. The molecule has 1 amide bonds. The summed E-state index contributed by atoms with van der Waals surface area (Å²) in [5, 5.41) is 11.7. The number of amides is 1. The van der Waals surface area contributed by atoms with E-state index in [1.807, 2.05) is 0 Å². The normalized spacial score (nSPS) is 33.8. The van der Waals surface area contributed by atoms with Crippen LogP contribution in [0.3, 0.4) is 0 Å². The van der Waals surface area contributed by atoms with Crippen molar-refractivity contribution in [3.8, 4) is 0 Å². The van der Waals surface area contributed by atoms with Gasteiger partial charge in [0.2, 0.25) is 5.91 Å². The number of carbonyl (C=O) groups excluding carboxylic acids is 1. The van der Waals surface area contributed by atoms with E-state index in [1.54, 1.807) is 13.8 Å². The first-order valence-electron chi connectivity index (χ1n) is 6.14. The third-order valence-corrected chi connectivity index (χ3v) is 3.76. The average molecular weight is 257 g/mol. The molecular weight excluding hydrogens is 238 g/mol. The summed E-state index contributed by atoms with van der Waals surface area (Å²) in [6.45, 7) is 5.56. The van der Waals surface area contributed by atoms with Crippen LogP contribution in [-0.2, 0) is 19.1 Å². The molecule has 0 radical (unpaired) electrons. The summed E-state index contributed by atoms with van der Waals surface area (Å²) >= 11 is 0. The molecular formula is C12H19NO5. The molecule has 2 fully saturated rings. The Morgan fingerprint density at radius 3 is 2.56 bits per heavy atom. The maximum Gasteiger partial charge on any atom is 0.307 e. The van der Waals surface area contributed by atoms with Crippen molar-refractivity contribution >= 4 is 11.9 Å². The third kappa shape index (κ3) is 2.49. The van der Waals surface area contributed by atoms with Crippen LogP contribution in [0.4, 0.5) is 0 Å². The maximum absolute atomic E-state index is 11.9. The van der Waals surface area contributed by atoms with Crippen molar-refractivity contribution in [3.05, 3.63) is 0 Å². The Balaban J connectivity index is 1.80. The molecule has 0 bridgehead atoms. The highest BCUT2D eigenvalue weighted by Crippen LogP contribution is 2.58. The van der Waals surface area contributed by atoms with Crippen molar-refractivity contribution in [1.82, 2.24) is 5.32 Å².